The molecule has 1 atom stereocenters. The van der Waals surface area contributed by atoms with Crippen LogP contribution in [-0.2, 0) is 13.0 Å². The molecule has 23 heavy (non-hydrogen) atoms. The van der Waals surface area contributed by atoms with Crippen molar-refractivity contribution in [3.05, 3.63) is 47.2 Å². The molecule has 2 aromatic rings. The van der Waals surface area contributed by atoms with Gasteiger partial charge < -0.3 is 15.3 Å². The second-order valence-corrected chi connectivity index (χ2v) is 6.41. The van der Waals surface area contributed by atoms with Crippen LogP contribution in [0, 0.1) is 0 Å². The van der Waals surface area contributed by atoms with Gasteiger partial charge in [-0.25, -0.2) is 4.98 Å². The third-order valence-electron chi connectivity index (χ3n) is 4.11. The van der Waals surface area contributed by atoms with E-state index in [9.17, 15) is 5.11 Å². The van der Waals surface area contributed by atoms with Crippen LogP contribution in [0.15, 0.2) is 30.5 Å². The molecule has 122 valence electrons. The van der Waals surface area contributed by atoms with E-state index in [0.29, 0.717) is 12.0 Å². The predicted molar refractivity (Wildman–Crippen MR) is 92.6 cm³/mol. The van der Waals surface area contributed by atoms with Gasteiger partial charge in [-0.15, -0.1) is 0 Å². The molecule has 0 aliphatic carbocycles. The van der Waals surface area contributed by atoms with E-state index < -0.39 is 6.10 Å². The molecule has 0 bridgehead atoms. The van der Waals surface area contributed by atoms with Gasteiger partial charge in [0.15, 0.2) is 0 Å². The van der Waals surface area contributed by atoms with Crippen molar-refractivity contribution in [1.82, 2.24) is 9.97 Å². The summed E-state index contributed by atoms with van der Waals surface area (Å²) in [5.74, 6) is 1.63. The molecule has 0 radical (unpaired) electrons. The lowest BCUT2D eigenvalue weighted by molar-refractivity contribution is 0.199. The summed E-state index contributed by atoms with van der Waals surface area (Å²) in [5, 5.41) is 13.0. The average Bonchev–Trinajstić information content (AvgIpc) is 2.53. The van der Waals surface area contributed by atoms with Gasteiger partial charge in [0, 0.05) is 25.3 Å². The maximum Gasteiger partial charge on any atom is 0.224 e. The second kappa shape index (κ2) is 6.54. The molecular formula is C18H24N4O. The normalized spacial score (nSPS) is 15.4. The van der Waals surface area contributed by atoms with Gasteiger partial charge in [0.1, 0.15) is 5.82 Å². The minimum atomic E-state index is -0.412. The van der Waals surface area contributed by atoms with Gasteiger partial charge in [-0.1, -0.05) is 18.2 Å². The maximum atomic E-state index is 9.72. The number of hydrogen-bond donors (Lipinski definition) is 2. The Balaban J connectivity index is 1.79. The highest BCUT2D eigenvalue weighted by atomic mass is 16.3. The largest absolute Gasteiger partial charge is 0.389 e. The standard InChI is InChI=1S/C18H24N4O/c1-12(2)20-18-19-8-6-17(21-18)22-9-7-15-10-14(13(3)23)4-5-16(15)11-22/h4-6,8,10,12-13,23H,7,9,11H2,1-3H3,(H,19,20,21)/t13-/m1/s1. The number of nitrogens with zero attached hydrogens (tertiary/aromatic N) is 3. The SMILES string of the molecule is CC(C)Nc1nccc(N2CCc3cc([C@@H](C)O)ccc3C2)n1. The lowest BCUT2D eigenvalue weighted by atomic mass is 9.96. The summed E-state index contributed by atoms with van der Waals surface area (Å²) in [5.41, 5.74) is 3.62. The number of benzene rings is 1. The highest BCUT2D eigenvalue weighted by Gasteiger charge is 2.19. The van der Waals surface area contributed by atoms with Gasteiger partial charge in [-0.3, -0.25) is 0 Å². The zero-order valence-corrected chi connectivity index (χ0v) is 14.0. The van der Waals surface area contributed by atoms with E-state index in [1.54, 1.807) is 13.1 Å². The molecule has 1 aromatic heterocycles. The topological polar surface area (TPSA) is 61.3 Å². The van der Waals surface area contributed by atoms with E-state index in [1.165, 1.54) is 11.1 Å². The molecule has 2 N–H and O–H groups in total. The highest BCUT2D eigenvalue weighted by molar-refractivity contribution is 5.47. The number of aliphatic hydroxyl groups is 1. The van der Waals surface area contributed by atoms with Crippen LogP contribution in [0.3, 0.4) is 0 Å². The Morgan fingerprint density at radius 3 is 2.74 bits per heavy atom. The first-order chi connectivity index (χ1) is 11.0. The van der Waals surface area contributed by atoms with Crippen molar-refractivity contribution < 1.29 is 5.11 Å². The summed E-state index contributed by atoms with van der Waals surface area (Å²) < 4.78 is 0. The van der Waals surface area contributed by atoms with Gasteiger partial charge in [0.05, 0.1) is 6.10 Å². The van der Waals surface area contributed by atoms with E-state index in [2.05, 4.69) is 46.2 Å². The summed E-state index contributed by atoms with van der Waals surface area (Å²) in [6, 6.07) is 8.53. The van der Waals surface area contributed by atoms with Crippen molar-refractivity contribution in [2.24, 2.45) is 0 Å². The first-order valence-corrected chi connectivity index (χ1v) is 8.17. The molecule has 0 unspecified atom stereocenters. The van der Waals surface area contributed by atoms with Crippen LogP contribution in [0.5, 0.6) is 0 Å². The maximum absolute atomic E-state index is 9.72. The summed E-state index contributed by atoms with van der Waals surface area (Å²) in [6.07, 6.45) is 2.36. The molecule has 0 spiro atoms. The molecule has 3 rings (SSSR count). The van der Waals surface area contributed by atoms with Gasteiger partial charge in [0.25, 0.3) is 0 Å². The fourth-order valence-electron chi connectivity index (χ4n) is 2.88. The molecule has 0 saturated heterocycles. The van der Waals surface area contributed by atoms with E-state index in [1.807, 2.05) is 12.1 Å². The summed E-state index contributed by atoms with van der Waals surface area (Å²) >= 11 is 0. The Hall–Kier alpha value is -2.14. The summed E-state index contributed by atoms with van der Waals surface area (Å²) in [6.45, 7) is 7.72. The van der Waals surface area contributed by atoms with Crippen LogP contribution in [0.1, 0.15) is 43.6 Å². The molecule has 1 aliphatic rings. The number of aliphatic hydroxyl groups excluding tert-OH is 1. The predicted octanol–water partition coefficient (Wildman–Crippen LogP) is 2.91. The van der Waals surface area contributed by atoms with E-state index >= 15 is 0 Å². The van der Waals surface area contributed by atoms with Gasteiger partial charge in [0.2, 0.25) is 5.95 Å². The minimum absolute atomic E-state index is 0.311. The molecule has 5 nitrogen and oxygen atoms in total. The lowest BCUT2D eigenvalue weighted by Crippen LogP contribution is -2.31. The van der Waals surface area contributed by atoms with Crippen LogP contribution in [0.25, 0.3) is 0 Å². The highest BCUT2D eigenvalue weighted by Crippen LogP contribution is 2.26. The summed E-state index contributed by atoms with van der Waals surface area (Å²) in [7, 11) is 0. The summed E-state index contributed by atoms with van der Waals surface area (Å²) in [4.78, 5) is 11.2. The molecule has 5 heteroatoms. The quantitative estimate of drug-likeness (QED) is 0.909. The fourth-order valence-corrected chi connectivity index (χ4v) is 2.88. The van der Waals surface area contributed by atoms with Crippen LogP contribution in [0.2, 0.25) is 0 Å². The Morgan fingerprint density at radius 2 is 2.00 bits per heavy atom. The Labute approximate surface area is 137 Å². The van der Waals surface area contributed by atoms with Crippen molar-refractivity contribution in [2.75, 3.05) is 16.8 Å². The number of anilines is 2. The van der Waals surface area contributed by atoms with Crippen molar-refractivity contribution in [2.45, 2.75) is 45.9 Å². The van der Waals surface area contributed by atoms with Gasteiger partial charge in [-0.05, 0) is 49.9 Å². The lowest BCUT2D eigenvalue weighted by Gasteiger charge is -2.30. The number of nitrogens with one attached hydrogen (secondary N) is 1. The number of fused-ring (bicyclic) bond motifs is 1. The van der Waals surface area contributed by atoms with Gasteiger partial charge >= 0.3 is 0 Å². The van der Waals surface area contributed by atoms with Gasteiger partial charge in [-0.2, -0.15) is 4.98 Å². The zero-order valence-electron chi connectivity index (χ0n) is 14.0. The fraction of sp³-hybridized carbons (Fsp3) is 0.444. The molecule has 0 saturated carbocycles. The molecule has 2 heterocycles. The Bertz CT molecular complexity index is 684. The van der Waals surface area contributed by atoms with Crippen LogP contribution in [0.4, 0.5) is 11.8 Å². The third kappa shape index (κ3) is 3.62. The number of aromatic nitrogens is 2. The first-order valence-electron chi connectivity index (χ1n) is 8.17. The zero-order chi connectivity index (χ0) is 16.4. The molecule has 0 fully saturated rings. The number of hydrogen-bond acceptors (Lipinski definition) is 5. The number of rotatable bonds is 4. The molecule has 1 aliphatic heterocycles. The molecule has 1 aromatic carbocycles. The molecular weight excluding hydrogens is 288 g/mol. The van der Waals surface area contributed by atoms with Crippen LogP contribution < -0.4 is 10.2 Å². The van der Waals surface area contributed by atoms with Crippen LogP contribution >= 0.6 is 0 Å². The van der Waals surface area contributed by atoms with E-state index in [-0.39, 0.29) is 0 Å². The van der Waals surface area contributed by atoms with Crippen LogP contribution in [-0.4, -0.2) is 27.7 Å². The van der Waals surface area contributed by atoms with Crippen molar-refractivity contribution >= 4 is 11.8 Å². The Morgan fingerprint density at radius 1 is 1.17 bits per heavy atom. The van der Waals surface area contributed by atoms with Crippen molar-refractivity contribution in [1.29, 1.82) is 0 Å². The first kappa shape index (κ1) is 15.7. The molecule has 0 amide bonds. The van der Waals surface area contributed by atoms with E-state index in [4.69, 9.17) is 0 Å². The van der Waals surface area contributed by atoms with Crippen molar-refractivity contribution in [3.8, 4) is 0 Å². The third-order valence-corrected chi connectivity index (χ3v) is 4.11. The monoisotopic (exact) mass is 312 g/mol. The Kier molecular flexibility index (Phi) is 4.48. The smallest absolute Gasteiger partial charge is 0.224 e. The minimum Gasteiger partial charge on any atom is -0.389 e. The van der Waals surface area contributed by atoms with Crippen molar-refractivity contribution in [3.63, 3.8) is 0 Å². The second-order valence-electron chi connectivity index (χ2n) is 6.41. The average molecular weight is 312 g/mol. The van der Waals surface area contributed by atoms with E-state index in [0.717, 1.165) is 30.9 Å².